The first-order valence-corrected chi connectivity index (χ1v) is 9.97. The maximum atomic E-state index is 12.5. The standard InChI is InChI=1S/C21H26N4O3/c26-20-11-17(14-25(20)15-18-5-4-10-28-18)21(27)23-13-16-6-7-19(22-12-16)24-8-2-1-3-9-24/h4-7,10,12,17H,1-3,8-9,11,13-15H2,(H,23,27). The molecule has 0 aromatic carbocycles. The number of aromatic nitrogens is 1. The lowest BCUT2D eigenvalue weighted by molar-refractivity contribution is -0.129. The molecule has 2 aromatic heterocycles. The van der Waals surface area contributed by atoms with Gasteiger partial charge in [-0.2, -0.15) is 0 Å². The van der Waals surface area contributed by atoms with E-state index in [-0.39, 0.29) is 24.2 Å². The molecule has 0 radical (unpaired) electrons. The van der Waals surface area contributed by atoms with Crippen molar-refractivity contribution in [1.82, 2.24) is 15.2 Å². The molecule has 1 unspecified atom stereocenters. The van der Waals surface area contributed by atoms with Crippen molar-refractivity contribution in [1.29, 1.82) is 0 Å². The van der Waals surface area contributed by atoms with Gasteiger partial charge in [-0.15, -0.1) is 0 Å². The summed E-state index contributed by atoms with van der Waals surface area (Å²) in [5.41, 5.74) is 0.964. The molecule has 2 saturated heterocycles. The molecule has 0 aliphatic carbocycles. The number of nitrogens with one attached hydrogen (secondary N) is 1. The third kappa shape index (κ3) is 4.35. The van der Waals surface area contributed by atoms with Crippen molar-refractivity contribution in [3.63, 3.8) is 0 Å². The molecule has 4 rings (SSSR count). The van der Waals surface area contributed by atoms with Gasteiger partial charge in [-0.05, 0) is 43.0 Å². The molecule has 0 spiro atoms. The van der Waals surface area contributed by atoms with Crippen molar-refractivity contribution in [3.8, 4) is 0 Å². The first-order chi connectivity index (χ1) is 13.7. The van der Waals surface area contributed by atoms with Crippen molar-refractivity contribution in [2.45, 2.75) is 38.8 Å². The average molecular weight is 382 g/mol. The van der Waals surface area contributed by atoms with Gasteiger partial charge < -0.3 is 19.5 Å². The number of furan rings is 1. The number of hydrogen-bond donors (Lipinski definition) is 1. The van der Waals surface area contributed by atoms with Crippen LogP contribution in [0, 0.1) is 5.92 Å². The molecule has 148 valence electrons. The van der Waals surface area contributed by atoms with E-state index in [2.05, 4.69) is 15.2 Å². The summed E-state index contributed by atoms with van der Waals surface area (Å²) < 4.78 is 5.29. The van der Waals surface area contributed by atoms with Gasteiger partial charge in [0.05, 0.1) is 18.7 Å². The smallest absolute Gasteiger partial charge is 0.225 e. The average Bonchev–Trinajstić information content (AvgIpc) is 3.38. The van der Waals surface area contributed by atoms with Gasteiger partial charge in [0.2, 0.25) is 11.8 Å². The predicted octanol–water partition coefficient (Wildman–Crippen LogP) is 2.33. The van der Waals surface area contributed by atoms with Crippen molar-refractivity contribution < 1.29 is 14.0 Å². The highest BCUT2D eigenvalue weighted by Crippen LogP contribution is 2.21. The Morgan fingerprint density at radius 2 is 2.07 bits per heavy atom. The molecule has 1 N–H and O–H groups in total. The van der Waals surface area contributed by atoms with Crippen LogP contribution >= 0.6 is 0 Å². The number of carbonyl (C=O) groups is 2. The number of rotatable bonds is 6. The van der Waals surface area contributed by atoms with Crippen LogP contribution in [0.2, 0.25) is 0 Å². The van der Waals surface area contributed by atoms with E-state index in [4.69, 9.17) is 4.42 Å². The van der Waals surface area contributed by atoms with Gasteiger partial charge in [0.1, 0.15) is 11.6 Å². The Kier molecular flexibility index (Phi) is 5.60. The Morgan fingerprint density at radius 3 is 2.79 bits per heavy atom. The zero-order valence-electron chi connectivity index (χ0n) is 16.0. The van der Waals surface area contributed by atoms with Gasteiger partial charge >= 0.3 is 0 Å². The number of likely N-dealkylation sites (tertiary alicyclic amines) is 1. The largest absolute Gasteiger partial charge is 0.467 e. The number of amides is 2. The van der Waals surface area contributed by atoms with Crippen LogP contribution in [0.15, 0.2) is 41.1 Å². The van der Waals surface area contributed by atoms with E-state index in [1.807, 2.05) is 24.4 Å². The Morgan fingerprint density at radius 1 is 1.21 bits per heavy atom. The molecule has 0 saturated carbocycles. The van der Waals surface area contributed by atoms with Gasteiger partial charge in [0, 0.05) is 38.8 Å². The molecule has 7 nitrogen and oxygen atoms in total. The Hall–Kier alpha value is -2.83. The van der Waals surface area contributed by atoms with Crippen LogP contribution in [0.25, 0.3) is 0 Å². The monoisotopic (exact) mass is 382 g/mol. The Balaban J connectivity index is 1.26. The van der Waals surface area contributed by atoms with Crippen molar-refractivity contribution in [2.75, 3.05) is 24.5 Å². The molecular formula is C21H26N4O3. The highest BCUT2D eigenvalue weighted by atomic mass is 16.3. The van der Waals surface area contributed by atoms with E-state index in [0.29, 0.717) is 19.6 Å². The number of nitrogens with zero attached hydrogens (tertiary/aromatic N) is 3. The molecule has 2 amide bonds. The van der Waals surface area contributed by atoms with E-state index in [1.54, 1.807) is 17.2 Å². The number of hydrogen-bond acceptors (Lipinski definition) is 5. The molecular weight excluding hydrogens is 356 g/mol. The molecule has 4 heterocycles. The lowest BCUT2D eigenvalue weighted by Gasteiger charge is -2.27. The summed E-state index contributed by atoms with van der Waals surface area (Å²) >= 11 is 0. The number of piperidine rings is 1. The van der Waals surface area contributed by atoms with Gasteiger partial charge in [-0.3, -0.25) is 9.59 Å². The minimum absolute atomic E-state index is 0.0101. The van der Waals surface area contributed by atoms with Gasteiger partial charge in [0.15, 0.2) is 0 Å². The van der Waals surface area contributed by atoms with Crippen LogP contribution in [-0.4, -0.2) is 41.3 Å². The van der Waals surface area contributed by atoms with Crippen LogP contribution in [0.1, 0.15) is 37.0 Å². The third-order valence-corrected chi connectivity index (χ3v) is 5.47. The molecule has 7 heteroatoms. The van der Waals surface area contributed by atoms with E-state index in [9.17, 15) is 9.59 Å². The van der Waals surface area contributed by atoms with Crippen LogP contribution in [0.4, 0.5) is 5.82 Å². The predicted molar refractivity (Wildman–Crippen MR) is 104 cm³/mol. The molecule has 2 fully saturated rings. The first kappa shape index (κ1) is 18.5. The van der Waals surface area contributed by atoms with E-state index in [0.717, 1.165) is 30.2 Å². The second kappa shape index (κ2) is 8.46. The fraction of sp³-hybridized carbons (Fsp3) is 0.476. The zero-order valence-corrected chi connectivity index (χ0v) is 16.0. The zero-order chi connectivity index (χ0) is 19.3. The van der Waals surface area contributed by atoms with E-state index < -0.39 is 0 Å². The highest BCUT2D eigenvalue weighted by molar-refractivity contribution is 5.89. The van der Waals surface area contributed by atoms with Crippen molar-refractivity contribution in [3.05, 3.63) is 48.0 Å². The lowest BCUT2D eigenvalue weighted by Crippen LogP contribution is -2.32. The quantitative estimate of drug-likeness (QED) is 0.830. The van der Waals surface area contributed by atoms with E-state index in [1.165, 1.54) is 19.3 Å². The molecule has 2 aliphatic rings. The molecule has 2 aliphatic heterocycles. The second-order valence-electron chi connectivity index (χ2n) is 7.54. The normalized spacial score (nSPS) is 19.9. The summed E-state index contributed by atoms with van der Waals surface area (Å²) in [6, 6.07) is 7.67. The van der Waals surface area contributed by atoms with Gasteiger partial charge in [-0.1, -0.05) is 6.07 Å². The van der Waals surface area contributed by atoms with Crippen molar-refractivity contribution >= 4 is 17.6 Å². The summed E-state index contributed by atoms with van der Waals surface area (Å²) in [5.74, 6) is 1.32. The maximum Gasteiger partial charge on any atom is 0.225 e. The summed E-state index contributed by atoms with van der Waals surface area (Å²) in [5, 5.41) is 2.95. The van der Waals surface area contributed by atoms with Crippen LogP contribution in [-0.2, 0) is 22.7 Å². The summed E-state index contributed by atoms with van der Waals surface area (Å²) in [6.07, 6.45) is 7.40. The second-order valence-corrected chi connectivity index (χ2v) is 7.54. The minimum Gasteiger partial charge on any atom is -0.467 e. The van der Waals surface area contributed by atoms with Crippen molar-refractivity contribution in [2.24, 2.45) is 5.92 Å². The number of carbonyl (C=O) groups excluding carboxylic acids is 2. The fourth-order valence-corrected chi connectivity index (χ4v) is 3.86. The SMILES string of the molecule is O=C(NCc1ccc(N2CCCCC2)nc1)C1CC(=O)N(Cc2ccco2)C1. The Labute approximate surface area is 164 Å². The number of anilines is 1. The highest BCUT2D eigenvalue weighted by Gasteiger charge is 2.34. The maximum absolute atomic E-state index is 12.5. The van der Waals surface area contributed by atoms with E-state index >= 15 is 0 Å². The molecule has 0 bridgehead atoms. The van der Waals surface area contributed by atoms with Crippen LogP contribution < -0.4 is 10.2 Å². The number of pyridine rings is 1. The lowest BCUT2D eigenvalue weighted by atomic mass is 10.1. The topological polar surface area (TPSA) is 78.7 Å². The summed E-state index contributed by atoms with van der Waals surface area (Å²) in [4.78, 5) is 33.2. The van der Waals surface area contributed by atoms with Gasteiger partial charge in [0.25, 0.3) is 0 Å². The molecule has 28 heavy (non-hydrogen) atoms. The molecule has 1 atom stereocenters. The minimum atomic E-state index is -0.317. The molecule has 2 aromatic rings. The fourth-order valence-electron chi connectivity index (χ4n) is 3.86. The Bertz CT molecular complexity index is 798. The van der Waals surface area contributed by atoms with Crippen LogP contribution in [0.3, 0.4) is 0 Å². The third-order valence-electron chi connectivity index (χ3n) is 5.47. The summed E-state index contributed by atoms with van der Waals surface area (Å²) in [6.45, 7) is 3.39. The van der Waals surface area contributed by atoms with Gasteiger partial charge in [-0.25, -0.2) is 4.98 Å². The van der Waals surface area contributed by atoms with Crippen LogP contribution in [0.5, 0.6) is 0 Å². The first-order valence-electron chi connectivity index (χ1n) is 9.97. The summed E-state index contributed by atoms with van der Waals surface area (Å²) in [7, 11) is 0.